The number of pyridine rings is 1. The number of nitrogens with two attached hydrogens (primary N) is 1. The van der Waals surface area contributed by atoms with Crippen LogP contribution in [0.2, 0.25) is 5.15 Å². The molecule has 0 atom stereocenters. The summed E-state index contributed by atoms with van der Waals surface area (Å²) in [5, 5.41) is 8.72. The van der Waals surface area contributed by atoms with Gasteiger partial charge in [0.15, 0.2) is 0 Å². The van der Waals surface area contributed by atoms with Crippen molar-refractivity contribution in [3.8, 4) is 0 Å². The third kappa shape index (κ3) is 2.74. The molecule has 1 aromatic carbocycles. The summed E-state index contributed by atoms with van der Waals surface area (Å²) in [7, 11) is 1.86. The van der Waals surface area contributed by atoms with Crippen LogP contribution in [0.5, 0.6) is 0 Å². The van der Waals surface area contributed by atoms with Gasteiger partial charge >= 0.3 is 0 Å². The molecule has 0 radical (unpaired) electrons. The Morgan fingerprint density at radius 3 is 2.81 bits per heavy atom. The van der Waals surface area contributed by atoms with E-state index in [4.69, 9.17) is 17.3 Å². The van der Waals surface area contributed by atoms with Gasteiger partial charge in [0.05, 0.1) is 22.8 Å². The Morgan fingerprint density at radius 2 is 2.08 bits per heavy atom. The van der Waals surface area contributed by atoms with E-state index in [0.29, 0.717) is 29.5 Å². The lowest BCUT2D eigenvalue weighted by Crippen LogP contribution is -2.59. The van der Waals surface area contributed by atoms with Gasteiger partial charge in [-0.3, -0.25) is 9.48 Å². The molecule has 0 unspecified atom stereocenters. The molecule has 26 heavy (non-hydrogen) atoms. The number of rotatable bonds is 3. The second-order valence-corrected chi connectivity index (χ2v) is 6.91. The lowest BCUT2D eigenvalue weighted by atomic mass is 10.0. The van der Waals surface area contributed by atoms with Crippen LogP contribution in [0.25, 0.3) is 10.9 Å². The van der Waals surface area contributed by atoms with Gasteiger partial charge < -0.3 is 16.0 Å². The summed E-state index contributed by atoms with van der Waals surface area (Å²) in [5.74, 6) is 0.645. The molecule has 0 aliphatic carbocycles. The Hall–Kier alpha value is -2.80. The molecule has 1 aliphatic rings. The molecular weight excluding hydrogens is 352 g/mol. The number of amides is 1. The van der Waals surface area contributed by atoms with Gasteiger partial charge in [-0.25, -0.2) is 4.98 Å². The Labute approximate surface area is 155 Å². The van der Waals surface area contributed by atoms with Crippen molar-refractivity contribution in [3.05, 3.63) is 46.7 Å². The molecule has 7 nitrogen and oxygen atoms in total. The molecule has 1 aliphatic heterocycles. The number of nitrogens with zero attached hydrogens (tertiary/aromatic N) is 4. The first-order valence-corrected chi connectivity index (χ1v) is 8.72. The zero-order valence-electron chi connectivity index (χ0n) is 14.5. The zero-order chi connectivity index (χ0) is 18.4. The maximum atomic E-state index is 12.7. The van der Waals surface area contributed by atoms with E-state index in [-0.39, 0.29) is 11.9 Å². The number of nitrogens with one attached hydrogen (secondary N) is 1. The fourth-order valence-electron chi connectivity index (χ4n) is 3.26. The maximum Gasteiger partial charge on any atom is 0.253 e. The average Bonchev–Trinajstić information content (AvgIpc) is 2.86. The van der Waals surface area contributed by atoms with Crippen molar-refractivity contribution in [2.45, 2.75) is 13.0 Å². The van der Waals surface area contributed by atoms with E-state index in [1.54, 1.807) is 16.8 Å². The minimum absolute atomic E-state index is 0.0494. The molecule has 134 valence electrons. The first-order valence-electron chi connectivity index (χ1n) is 8.34. The van der Waals surface area contributed by atoms with Gasteiger partial charge in [0.2, 0.25) is 0 Å². The highest BCUT2D eigenvalue weighted by Crippen LogP contribution is 2.28. The number of carbonyl (C=O) groups excluding carboxylic acids is 1. The number of hydrogen-bond donors (Lipinski definition) is 2. The molecule has 1 amide bonds. The van der Waals surface area contributed by atoms with E-state index >= 15 is 0 Å². The van der Waals surface area contributed by atoms with E-state index in [1.807, 2.05) is 32.2 Å². The van der Waals surface area contributed by atoms with Crippen LogP contribution in [0.15, 0.2) is 30.3 Å². The predicted octanol–water partition coefficient (Wildman–Crippen LogP) is 2.13. The summed E-state index contributed by atoms with van der Waals surface area (Å²) < 4.78 is 1.77. The smallest absolute Gasteiger partial charge is 0.253 e. The maximum absolute atomic E-state index is 12.7. The molecule has 2 aromatic heterocycles. The third-order valence-corrected chi connectivity index (χ3v) is 5.02. The number of benzene rings is 1. The van der Waals surface area contributed by atoms with Gasteiger partial charge in [-0.05, 0) is 31.2 Å². The summed E-state index contributed by atoms with van der Waals surface area (Å²) in [5.41, 5.74) is 8.94. The van der Waals surface area contributed by atoms with Crippen molar-refractivity contribution < 1.29 is 4.79 Å². The SMILES string of the molecule is Cc1c2c(N)c(C(=O)NC3CN(c4cccc(Cl)n4)C3)ccc2nn1C. The Balaban J connectivity index is 1.47. The van der Waals surface area contributed by atoms with E-state index in [0.717, 1.165) is 22.4 Å². The molecule has 0 saturated carbocycles. The standard InChI is InChI=1S/C18H19ClN6O/c1-10-16-13(23-24(10)2)7-6-12(17(16)20)18(26)21-11-8-25(9-11)15-5-3-4-14(19)22-15/h3-7,11H,8-9,20H2,1-2H3,(H,21,26). The fourth-order valence-corrected chi connectivity index (χ4v) is 3.42. The largest absolute Gasteiger partial charge is 0.397 e. The molecule has 0 spiro atoms. The number of fused-ring (bicyclic) bond motifs is 1. The van der Waals surface area contributed by atoms with Crippen LogP contribution >= 0.6 is 11.6 Å². The Kier molecular flexibility index (Phi) is 3.96. The van der Waals surface area contributed by atoms with E-state index < -0.39 is 0 Å². The molecular formula is C18H19ClN6O. The predicted molar refractivity (Wildman–Crippen MR) is 103 cm³/mol. The minimum atomic E-state index is -0.170. The second kappa shape index (κ2) is 6.17. The monoisotopic (exact) mass is 370 g/mol. The summed E-state index contributed by atoms with van der Waals surface area (Å²) in [6.45, 7) is 3.31. The minimum Gasteiger partial charge on any atom is -0.397 e. The number of halogens is 1. The van der Waals surface area contributed by atoms with Crippen LogP contribution in [0.1, 0.15) is 16.1 Å². The normalized spacial score (nSPS) is 14.5. The van der Waals surface area contributed by atoms with Gasteiger partial charge in [0.25, 0.3) is 5.91 Å². The van der Waals surface area contributed by atoms with Crippen LogP contribution in [0.4, 0.5) is 11.5 Å². The number of nitrogen functional groups attached to an aromatic ring is 1. The summed E-state index contributed by atoms with van der Waals surface area (Å²) in [6, 6.07) is 9.12. The van der Waals surface area contributed by atoms with E-state index in [2.05, 4.69) is 20.3 Å². The van der Waals surface area contributed by atoms with Gasteiger partial charge in [-0.15, -0.1) is 0 Å². The van der Waals surface area contributed by atoms with E-state index in [1.165, 1.54) is 0 Å². The number of hydrogen-bond acceptors (Lipinski definition) is 5. The highest BCUT2D eigenvalue weighted by molar-refractivity contribution is 6.29. The summed E-state index contributed by atoms with van der Waals surface area (Å²) >= 11 is 5.92. The number of carbonyl (C=O) groups is 1. The fraction of sp³-hybridized carbons (Fsp3) is 0.278. The van der Waals surface area contributed by atoms with Crippen LogP contribution < -0.4 is 16.0 Å². The molecule has 3 heterocycles. The van der Waals surface area contributed by atoms with Gasteiger partial charge in [-0.2, -0.15) is 5.10 Å². The zero-order valence-corrected chi connectivity index (χ0v) is 15.3. The van der Waals surface area contributed by atoms with Crippen molar-refractivity contribution in [1.29, 1.82) is 0 Å². The number of aromatic nitrogens is 3. The lowest BCUT2D eigenvalue weighted by molar-refractivity contribution is 0.0931. The van der Waals surface area contributed by atoms with Gasteiger partial charge in [-0.1, -0.05) is 17.7 Å². The van der Waals surface area contributed by atoms with Crippen LogP contribution in [0.3, 0.4) is 0 Å². The Bertz CT molecular complexity index is 1010. The summed E-state index contributed by atoms with van der Waals surface area (Å²) in [6.07, 6.45) is 0. The number of aryl methyl sites for hydroxylation is 2. The molecule has 0 bridgehead atoms. The lowest BCUT2D eigenvalue weighted by Gasteiger charge is -2.40. The van der Waals surface area contributed by atoms with Crippen molar-refractivity contribution in [2.24, 2.45) is 7.05 Å². The van der Waals surface area contributed by atoms with E-state index in [9.17, 15) is 4.79 Å². The quantitative estimate of drug-likeness (QED) is 0.544. The molecule has 1 fully saturated rings. The number of anilines is 2. The highest BCUT2D eigenvalue weighted by atomic mass is 35.5. The average molecular weight is 371 g/mol. The highest BCUT2D eigenvalue weighted by Gasteiger charge is 2.30. The first-order chi connectivity index (χ1) is 12.4. The van der Waals surface area contributed by atoms with Crippen molar-refractivity contribution in [2.75, 3.05) is 23.7 Å². The van der Waals surface area contributed by atoms with Crippen LogP contribution in [-0.4, -0.2) is 39.8 Å². The summed E-state index contributed by atoms with van der Waals surface area (Å²) in [4.78, 5) is 19.0. The van der Waals surface area contributed by atoms with Gasteiger partial charge in [0.1, 0.15) is 11.0 Å². The molecule has 8 heteroatoms. The molecule has 3 aromatic rings. The van der Waals surface area contributed by atoms with Gasteiger partial charge in [0, 0.05) is 31.2 Å². The third-order valence-electron chi connectivity index (χ3n) is 4.81. The van der Waals surface area contributed by atoms with Crippen molar-refractivity contribution in [3.63, 3.8) is 0 Å². The van der Waals surface area contributed by atoms with Crippen molar-refractivity contribution in [1.82, 2.24) is 20.1 Å². The molecule has 1 saturated heterocycles. The molecule has 4 rings (SSSR count). The van der Waals surface area contributed by atoms with Crippen LogP contribution in [-0.2, 0) is 7.05 Å². The van der Waals surface area contributed by atoms with Crippen molar-refractivity contribution >= 4 is 39.9 Å². The Morgan fingerprint density at radius 1 is 1.31 bits per heavy atom. The van der Waals surface area contributed by atoms with Crippen LogP contribution in [0, 0.1) is 6.92 Å². The topological polar surface area (TPSA) is 89.1 Å². The molecule has 3 N–H and O–H groups in total. The second-order valence-electron chi connectivity index (χ2n) is 6.52. The first kappa shape index (κ1) is 16.7.